The molecule has 0 aromatic carbocycles. The molecule has 2 unspecified atom stereocenters. The summed E-state index contributed by atoms with van der Waals surface area (Å²) >= 11 is 0. The molecule has 2 atom stereocenters. The Labute approximate surface area is 111 Å². The molecule has 1 heterocycles. The van der Waals surface area contributed by atoms with Crippen LogP contribution in [0.3, 0.4) is 0 Å². The number of aromatic nitrogens is 2. The van der Waals surface area contributed by atoms with Gasteiger partial charge in [0.25, 0.3) is 0 Å². The lowest BCUT2D eigenvalue weighted by Gasteiger charge is -2.28. The first-order chi connectivity index (χ1) is 9.09. The number of carbonyl (C=O) groups excluding carboxylic acids is 1. The highest BCUT2D eigenvalue weighted by Gasteiger charge is 2.35. The van der Waals surface area contributed by atoms with Gasteiger partial charge in [-0.05, 0) is 12.8 Å². The number of aromatic amines is 1. The van der Waals surface area contributed by atoms with Gasteiger partial charge in [0.1, 0.15) is 0 Å². The average molecular weight is 263 g/mol. The van der Waals surface area contributed by atoms with E-state index in [9.17, 15) is 14.7 Å². The number of allylic oxidation sites excluding steroid dienone is 2. The van der Waals surface area contributed by atoms with Crippen LogP contribution < -0.4 is 0 Å². The summed E-state index contributed by atoms with van der Waals surface area (Å²) in [6.45, 7) is 0.432. The third kappa shape index (κ3) is 3.01. The Balaban J connectivity index is 2.05. The van der Waals surface area contributed by atoms with E-state index < -0.39 is 17.8 Å². The Morgan fingerprint density at radius 3 is 2.68 bits per heavy atom. The molecule has 0 saturated heterocycles. The van der Waals surface area contributed by atoms with E-state index in [0.717, 1.165) is 5.56 Å². The molecule has 1 aromatic rings. The molecular weight excluding hydrogens is 246 g/mol. The minimum atomic E-state index is -0.903. The summed E-state index contributed by atoms with van der Waals surface area (Å²) in [6.07, 6.45) is 8.00. The Bertz CT molecular complexity index is 481. The van der Waals surface area contributed by atoms with Crippen molar-refractivity contribution in [3.05, 3.63) is 30.1 Å². The number of rotatable bonds is 4. The van der Waals surface area contributed by atoms with Gasteiger partial charge >= 0.3 is 5.97 Å². The zero-order valence-electron chi connectivity index (χ0n) is 10.7. The van der Waals surface area contributed by atoms with Crippen LogP contribution in [0.15, 0.2) is 24.5 Å². The van der Waals surface area contributed by atoms with Gasteiger partial charge < -0.3 is 10.0 Å². The minimum Gasteiger partial charge on any atom is -0.481 e. The molecular formula is C13H17N3O3. The number of nitrogens with zero attached hydrogens (tertiary/aromatic N) is 2. The van der Waals surface area contributed by atoms with E-state index >= 15 is 0 Å². The molecule has 6 heteroatoms. The van der Waals surface area contributed by atoms with Crippen molar-refractivity contribution >= 4 is 11.9 Å². The number of H-pyrrole nitrogens is 1. The highest BCUT2D eigenvalue weighted by Crippen LogP contribution is 2.27. The average Bonchev–Trinajstić information content (AvgIpc) is 2.90. The molecule has 0 radical (unpaired) electrons. The van der Waals surface area contributed by atoms with Crippen molar-refractivity contribution in [2.24, 2.45) is 11.8 Å². The van der Waals surface area contributed by atoms with Gasteiger partial charge in [-0.15, -0.1) is 0 Å². The second-order valence-corrected chi connectivity index (χ2v) is 4.79. The summed E-state index contributed by atoms with van der Waals surface area (Å²) < 4.78 is 0. The molecule has 2 N–H and O–H groups in total. The van der Waals surface area contributed by atoms with E-state index in [2.05, 4.69) is 10.2 Å². The first kappa shape index (κ1) is 13.3. The predicted molar refractivity (Wildman–Crippen MR) is 68.1 cm³/mol. The van der Waals surface area contributed by atoms with Gasteiger partial charge in [-0.1, -0.05) is 12.2 Å². The summed E-state index contributed by atoms with van der Waals surface area (Å²) in [5.41, 5.74) is 0.897. The molecule has 102 valence electrons. The molecule has 2 rings (SSSR count). The van der Waals surface area contributed by atoms with Gasteiger partial charge in [-0.2, -0.15) is 5.10 Å². The molecule has 1 aliphatic carbocycles. The van der Waals surface area contributed by atoms with Crippen LogP contribution in [-0.4, -0.2) is 39.1 Å². The molecule has 6 nitrogen and oxygen atoms in total. The van der Waals surface area contributed by atoms with Crippen LogP contribution in [0.5, 0.6) is 0 Å². The molecule has 0 aliphatic heterocycles. The zero-order valence-corrected chi connectivity index (χ0v) is 10.7. The number of aliphatic carboxylic acids is 1. The fraction of sp³-hybridized carbons (Fsp3) is 0.462. The minimum absolute atomic E-state index is 0.127. The largest absolute Gasteiger partial charge is 0.481 e. The third-order valence-corrected chi connectivity index (χ3v) is 3.42. The maximum atomic E-state index is 12.3. The predicted octanol–water partition coefficient (Wildman–Crippen LogP) is 1.04. The standard InChI is InChI=1S/C13H17N3O3/c1-16(8-9-6-14-15-7-9)12(17)10-4-2-3-5-11(10)13(18)19/h2-3,6-7,10-11H,4-5,8H2,1H3,(H,14,15)(H,18,19). The topological polar surface area (TPSA) is 86.3 Å². The molecule has 0 bridgehead atoms. The van der Waals surface area contributed by atoms with E-state index in [1.54, 1.807) is 24.3 Å². The summed E-state index contributed by atoms with van der Waals surface area (Å²) in [7, 11) is 1.69. The lowest BCUT2D eigenvalue weighted by molar-refractivity contribution is -0.150. The number of hydrogen-bond acceptors (Lipinski definition) is 3. The van der Waals surface area contributed by atoms with Crippen LogP contribution in [0.25, 0.3) is 0 Å². The first-order valence-electron chi connectivity index (χ1n) is 6.20. The number of carboxylic acid groups (broad SMARTS) is 1. The number of hydrogen-bond donors (Lipinski definition) is 2. The van der Waals surface area contributed by atoms with Crippen molar-refractivity contribution in [3.8, 4) is 0 Å². The van der Waals surface area contributed by atoms with E-state index in [4.69, 9.17) is 0 Å². The summed E-state index contributed by atoms with van der Waals surface area (Å²) in [5.74, 6) is -2.12. The molecule has 19 heavy (non-hydrogen) atoms. The third-order valence-electron chi connectivity index (χ3n) is 3.42. The van der Waals surface area contributed by atoms with Crippen LogP contribution in [0.4, 0.5) is 0 Å². The highest BCUT2D eigenvalue weighted by molar-refractivity contribution is 5.85. The molecule has 1 aliphatic rings. The van der Waals surface area contributed by atoms with Crippen LogP contribution >= 0.6 is 0 Å². The van der Waals surface area contributed by atoms with Crippen molar-refractivity contribution in [1.82, 2.24) is 15.1 Å². The second kappa shape index (κ2) is 5.69. The van der Waals surface area contributed by atoms with E-state index in [0.29, 0.717) is 19.4 Å². The summed E-state index contributed by atoms with van der Waals surface area (Å²) in [4.78, 5) is 25.1. The fourth-order valence-electron chi connectivity index (χ4n) is 2.36. The zero-order chi connectivity index (χ0) is 13.8. The Kier molecular flexibility index (Phi) is 3.99. The summed E-state index contributed by atoms with van der Waals surface area (Å²) in [5, 5.41) is 15.7. The lowest BCUT2D eigenvalue weighted by atomic mass is 9.82. The Morgan fingerprint density at radius 1 is 1.42 bits per heavy atom. The van der Waals surface area contributed by atoms with Gasteiger partial charge in [0, 0.05) is 25.4 Å². The Morgan fingerprint density at radius 2 is 2.11 bits per heavy atom. The van der Waals surface area contributed by atoms with E-state index in [-0.39, 0.29) is 5.91 Å². The van der Waals surface area contributed by atoms with Crippen molar-refractivity contribution < 1.29 is 14.7 Å². The van der Waals surface area contributed by atoms with Gasteiger partial charge in [0.15, 0.2) is 0 Å². The van der Waals surface area contributed by atoms with Crippen LogP contribution in [0, 0.1) is 11.8 Å². The number of amides is 1. The van der Waals surface area contributed by atoms with Crippen molar-refractivity contribution in [3.63, 3.8) is 0 Å². The van der Waals surface area contributed by atoms with Gasteiger partial charge in [-0.3, -0.25) is 14.7 Å². The van der Waals surface area contributed by atoms with Crippen molar-refractivity contribution in [1.29, 1.82) is 0 Å². The van der Waals surface area contributed by atoms with Gasteiger partial charge in [0.05, 0.1) is 18.0 Å². The molecule has 0 saturated carbocycles. The van der Waals surface area contributed by atoms with Crippen molar-refractivity contribution in [2.45, 2.75) is 19.4 Å². The number of nitrogens with one attached hydrogen (secondary N) is 1. The van der Waals surface area contributed by atoms with Crippen LogP contribution in [0.1, 0.15) is 18.4 Å². The smallest absolute Gasteiger partial charge is 0.307 e. The number of carbonyl (C=O) groups is 2. The number of carboxylic acids is 1. The lowest BCUT2D eigenvalue weighted by Crippen LogP contribution is -2.39. The normalized spacial score (nSPS) is 22.2. The summed E-state index contributed by atoms with van der Waals surface area (Å²) in [6, 6.07) is 0. The molecule has 0 spiro atoms. The van der Waals surface area contributed by atoms with Gasteiger partial charge in [-0.25, -0.2) is 0 Å². The first-order valence-corrected chi connectivity index (χ1v) is 6.20. The SMILES string of the molecule is CN(Cc1cn[nH]c1)C(=O)C1CC=CCC1C(=O)O. The van der Waals surface area contributed by atoms with Crippen LogP contribution in [0.2, 0.25) is 0 Å². The fourth-order valence-corrected chi connectivity index (χ4v) is 2.36. The Hall–Kier alpha value is -2.11. The van der Waals surface area contributed by atoms with E-state index in [1.165, 1.54) is 0 Å². The second-order valence-electron chi connectivity index (χ2n) is 4.79. The van der Waals surface area contributed by atoms with Gasteiger partial charge in [0.2, 0.25) is 5.91 Å². The van der Waals surface area contributed by atoms with E-state index in [1.807, 2.05) is 12.2 Å². The molecule has 1 amide bonds. The maximum Gasteiger partial charge on any atom is 0.307 e. The monoisotopic (exact) mass is 263 g/mol. The quantitative estimate of drug-likeness (QED) is 0.794. The van der Waals surface area contributed by atoms with Crippen LogP contribution in [-0.2, 0) is 16.1 Å². The molecule has 1 aromatic heterocycles. The van der Waals surface area contributed by atoms with Crippen molar-refractivity contribution in [2.75, 3.05) is 7.05 Å². The highest BCUT2D eigenvalue weighted by atomic mass is 16.4. The maximum absolute atomic E-state index is 12.3. The molecule has 0 fully saturated rings.